The summed E-state index contributed by atoms with van der Waals surface area (Å²) in [5.74, 6) is -0.524. The number of nitriles is 1. The molecule has 0 bridgehead atoms. The van der Waals surface area contributed by atoms with Crippen molar-refractivity contribution in [1.29, 1.82) is 5.26 Å². The zero-order valence-electron chi connectivity index (χ0n) is 15.5. The number of carbonyl (C=O) groups excluding carboxylic acids is 1. The lowest BCUT2D eigenvalue weighted by Crippen LogP contribution is -2.49. The van der Waals surface area contributed by atoms with E-state index in [1.54, 1.807) is 18.2 Å². The van der Waals surface area contributed by atoms with Gasteiger partial charge in [-0.25, -0.2) is 4.39 Å². The molecule has 0 N–H and O–H groups in total. The normalized spacial score (nSPS) is 19.6. The van der Waals surface area contributed by atoms with E-state index >= 15 is 0 Å². The van der Waals surface area contributed by atoms with Crippen molar-refractivity contribution in [3.63, 3.8) is 0 Å². The van der Waals surface area contributed by atoms with E-state index in [9.17, 15) is 19.2 Å². The molecular formula is C21H22FN3O2. The molecule has 1 amide bonds. The highest BCUT2D eigenvalue weighted by Gasteiger charge is 2.29. The lowest BCUT2D eigenvalue weighted by atomic mass is 9.97. The van der Waals surface area contributed by atoms with E-state index in [2.05, 4.69) is 0 Å². The van der Waals surface area contributed by atoms with Crippen molar-refractivity contribution in [3.8, 4) is 17.3 Å². The monoisotopic (exact) mass is 367 g/mol. The Hall–Kier alpha value is -2.94. The van der Waals surface area contributed by atoms with Crippen LogP contribution >= 0.6 is 0 Å². The Kier molecular flexibility index (Phi) is 5.41. The molecule has 1 aliphatic heterocycles. The van der Waals surface area contributed by atoms with Gasteiger partial charge in [-0.2, -0.15) is 5.26 Å². The Morgan fingerprint density at radius 3 is 2.37 bits per heavy atom. The highest BCUT2D eigenvalue weighted by atomic mass is 19.1. The van der Waals surface area contributed by atoms with E-state index in [0.29, 0.717) is 11.3 Å². The molecule has 1 aromatic heterocycles. The molecule has 1 fully saturated rings. The van der Waals surface area contributed by atoms with Gasteiger partial charge in [-0.3, -0.25) is 14.2 Å². The van der Waals surface area contributed by atoms with E-state index in [1.807, 2.05) is 24.8 Å². The molecule has 3 rings (SSSR count). The summed E-state index contributed by atoms with van der Waals surface area (Å²) in [5.41, 5.74) is 0.577. The Bertz CT molecular complexity index is 933. The minimum Gasteiger partial charge on any atom is -0.336 e. The maximum atomic E-state index is 13.3. The van der Waals surface area contributed by atoms with E-state index in [4.69, 9.17) is 0 Å². The van der Waals surface area contributed by atoms with Crippen LogP contribution < -0.4 is 5.56 Å². The predicted molar refractivity (Wildman–Crippen MR) is 100 cm³/mol. The third-order valence-electron chi connectivity index (χ3n) is 5.21. The number of aromatic nitrogens is 1. The first-order chi connectivity index (χ1) is 12.9. The van der Waals surface area contributed by atoms with Gasteiger partial charge < -0.3 is 4.90 Å². The van der Waals surface area contributed by atoms with E-state index in [-0.39, 0.29) is 35.9 Å². The lowest BCUT2D eigenvalue weighted by molar-refractivity contribution is -0.137. The number of hydrogen-bond acceptors (Lipinski definition) is 3. The number of halogens is 1. The Morgan fingerprint density at radius 1 is 1.15 bits per heavy atom. The number of carbonyl (C=O) groups is 1. The summed E-state index contributed by atoms with van der Waals surface area (Å²) in [5, 5.41) is 9.20. The minimum atomic E-state index is -0.509. The first-order valence-corrected chi connectivity index (χ1v) is 9.13. The number of pyridine rings is 1. The molecule has 2 atom stereocenters. The Balaban J connectivity index is 2.02. The van der Waals surface area contributed by atoms with Gasteiger partial charge in [0.15, 0.2) is 0 Å². The van der Waals surface area contributed by atoms with Crippen LogP contribution in [0.5, 0.6) is 0 Å². The third-order valence-corrected chi connectivity index (χ3v) is 5.21. The molecule has 5 nitrogen and oxygen atoms in total. The summed E-state index contributed by atoms with van der Waals surface area (Å²) >= 11 is 0. The summed E-state index contributed by atoms with van der Waals surface area (Å²) in [7, 11) is 0. The molecule has 0 unspecified atom stereocenters. The Morgan fingerprint density at radius 2 is 1.78 bits per heavy atom. The number of rotatable bonds is 3. The molecule has 2 heterocycles. The van der Waals surface area contributed by atoms with Crippen LogP contribution in [0, 0.1) is 17.1 Å². The van der Waals surface area contributed by atoms with Gasteiger partial charge in [0.2, 0.25) is 5.91 Å². The highest BCUT2D eigenvalue weighted by molar-refractivity contribution is 5.78. The molecule has 1 aromatic carbocycles. The standard InChI is InChI=1S/C21H22FN3O2/c1-14-4-3-5-15(2)25(14)20(26)13-24-19(11-8-17(12-23)21(24)27)16-6-9-18(22)10-7-16/h6-11,14-15H,3-5,13H2,1-2H3/t14-,15-/m1/s1. The molecule has 0 aliphatic carbocycles. The van der Waals surface area contributed by atoms with E-state index < -0.39 is 5.56 Å². The van der Waals surface area contributed by atoms with Crippen molar-refractivity contribution in [3.05, 3.63) is 58.1 Å². The molecule has 27 heavy (non-hydrogen) atoms. The average molecular weight is 367 g/mol. The van der Waals surface area contributed by atoms with Gasteiger partial charge >= 0.3 is 0 Å². The maximum absolute atomic E-state index is 13.3. The number of hydrogen-bond donors (Lipinski definition) is 0. The van der Waals surface area contributed by atoms with Crippen molar-refractivity contribution >= 4 is 5.91 Å². The summed E-state index contributed by atoms with van der Waals surface area (Å²) < 4.78 is 14.6. The van der Waals surface area contributed by atoms with Crippen LogP contribution in [0.25, 0.3) is 11.3 Å². The molecule has 140 valence electrons. The molecular weight excluding hydrogens is 345 g/mol. The SMILES string of the molecule is C[C@@H]1CCC[C@@H](C)N1C(=O)Cn1c(-c2ccc(F)cc2)ccc(C#N)c1=O. The van der Waals surface area contributed by atoms with Crippen LogP contribution in [-0.2, 0) is 11.3 Å². The molecule has 2 aromatic rings. The third kappa shape index (κ3) is 3.77. The molecule has 1 saturated heterocycles. The van der Waals surface area contributed by atoms with Gasteiger partial charge in [0, 0.05) is 12.1 Å². The summed E-state index contributed by atoms with van der Waals surface area (Å²) in [4.78, 5) is 27.6. The molecule has 6 heteroatoms. The number of benzene rings is 1. The molecule has 1 aliphatic rings. The minimum absolute atomic E-state index is 0.0200. The van der Waals surface area contributed by atoms with Crippen LogP contribution in [0.15, 0.2) is 41.2 Å². The van der Waals surface area contributed by atoms with Crippen molar-refractivity contribution in [2.75, 3.05) is 0 Å². The number of piperidine rings is 1. The fourth-order valence-electron chi connectivity index (χ4n) is 3.82. The topological polar surface area (TPSA) is 66.1 Å². The smallest absolute Gasteiger partial charge is 0.269 e. The fourth-order valence-corrected chi connectivity index (χ4v) is 3.82. The van der Waals surface area contributed by atoms with Crippen LogP contribution in [0.4, 0.5) is 4.39 Å². The number of amides is 1. The molecule has 0 saturated carbocycles. The van der Waals surface area contributed by atoms with Gasteiger partial charge in [0.05, 0.1) is 5.69 Å². The van der Waals surface area contributed by atoms with Gasteiger partial charge in [-0.15, -0.1) is 0 Å². The fraction of sp³-hybridized carbons (Fsp3) is 0.381. The van der Waals surface area contributed by atoms with Crippen molar-refractivity contribution in [2.45, 2.75) is 51.7 Å². The first-order valence-electron chi connectivity index (χ1n) is 9.13. The van der Waals surface area contributed by atoms with E-state index in [1.165, 1.54) is 22.8 Å². The Labute approximate surface area is 157 Å². The second-order valence-corrected chi connectivity index (χ2v) is 7.07. The second-order valence-electron chi connectivity index (χ2n) is 7.07. The quantitative estimate of drug-likeness (QED) is 0.836. The van der Waals surface area contributed by atoms with Gasteiger partial charge in [0.25, 0.3) is 5.56 Å². The largest absolute Gasteiger partial charge is 0.336 e. The van der Waals surface area contributed by atoms with Crippen molar-refractivity contribution in [1.82, 2.24) is 9.47 Å². The zero-order chi connectivity index (χ0) is 19.6. The second kappa shape index (κ2) is 7.75. The molecule has 0 radical (unpaired) electrons. The average Bonchev–Trinajstić information content (AvgIpc) is 2.64. The van der Waals surface area contributed by atoms with Crippen molar-refractivity contribution in [2.24, 2.45) is 0 Å². The van der Waals surface area contributed by atoms with Crippen molar-refractivity contribution < 1.29 is 9.18 Å². The van der Waals surface area contributed by atoms with Crippen LogP contribution in [0.1, 0.15) is 38.7 Å². The predicted octanol–water partition coefficient (Wildman–Crippen LogP) is 3.32. The zero-order valence-corrected chi connectivity index (χ0v) is 15.5. The highest BCUT2D eigenvalue weighted by Crippen LogP contribution is 2.24. The summed E-state index contributed by atoms with van der Waals surface area (Å²) in [6.45, 7) is 3.89. The number of nitrogens with zero attached hydrogens (tertiary/aromatic N) is 3. The summed E-state index contributed by atoms with van der Waals surface area (Å²) in [6, 6.07) is 10.9. The molecule has 0 spiro atoms. The van der Waals surface area contributed by atoms with Crippen LogP contribution in [0.3, 0.4) is 0 Å². The van der Waals surface area contributed by atoms with Crippen LogP contribution in [0.2, 0.25) is 0 Å². The van der Waals surface area contributed by atoms with Gasteiger partial charge in [-0.05, 0) is 75.1 Å². The number of likely N-dealkylation sites (tertiary alicyclic amines) is 1. The van der Waals surface area contributed by atoms with Crippen LogP contribution in [-0.4, -0.2) is 27.5 Å². The van der Waals surface area contributed by atoms with E-state index in [0.717, 1.165) is 19.3 Å². The lowest BCUT2D eigenvalue weighted by Gasteiger charge is -2.39. The van der Waals surface area contributed by atoms with Gasteiger partial charge in [-0.1, -0.05) is 0 Å². The maximum Gasteiger partial charge on any atom is 0.269 e. The van der Waals surface area contributed by atoms with Gasteiger partial charge in [0.1, 0.15) is 24.0 Å². The first kappa shape index (κ1) is 18.8. The summed E-state index contributed by atoms with van der Waals surface area (Å²) in [6.07, 6.45) is 2.96.